The van der Waals surface area contributed by atoms with Crippen LogP contribution in [0.1, 0.15) is 26.2 Å². The van der Waals surface area contributed by atoms with Crippen LogP contribution in [-0.2, 0) is 4.79 Å². The topological polar surface area (TPSA) is 32.3 Å². The van der Waals surface area contributed by atoms with Crippen LogP contribution in [0.2, 0.25) is 0 Å². The van der Waals surface area contributed by atoms with E-state index in [-0.39, 0.29) is 11.9 Å². The van der Waals surface area contributed by atoms with E-state index >= 15 is 0 Å². The summed E-state index contributed by atoms with van der Waals surface area (Å²) in [7, 11) is 1.84. The highest BCUT2D eigenvalue weighted by atomic mass is 16.2. The number of rotatable bonds is 3. The maximum absolute atomic E-state index is 11.9. The van der Waals surface area contributed by atoms with Crippen molar-refractivity contribution >= 4 is 5.91 Å². The Bertz CT molecular complexity index is 219. The maximum atomic E-state index is 11.9. The fourth-order valence-corrected chi connectivity index (χ4v) is 1.81. The van der Waals surface area contributed by atoms with Crippen LogP contribution in [0.4, 0.5) is 0 Å². The molecule has 1 aliphatic heterocycles. The second kappa shape index (κ2) is 5.15. The molecular weight excluding hydrogens is 176 g/mol. The molecule has 0 spiro atoms. The van der Waals surface area contributed by atoms with Gasteiger partial charge in [0.05, 0.1) is 6.04 Å². The molecule has 1 rings (SSSR count). The highest BCUT2D eigenvalue weighted by Crippen LogP contribution is 2.09. The molecule has 1 aliphatic rings. The molecule has 14 heavy (non-hydrogen) atoms. The normalized spacial score (nSPS) is 21.7. The summed E-state index contributed by atoms with van der Waals surface area (Å²) in [5, 5.41) is 3.25. The van der Waals surface area contributed by atoms with E-state index in [0.29, 0.717) is 6.54 Å². The van der Waals surface area contributed by atoms with Crippen LogP contribution in [0.25, 0.3) is 0 Å². The van der Waals surface area contributed by atoms with Crippen molar-refractivity contribution in [3.05, 3.63) is 12.2 Å². The van der Waals surface area contributed by atoms with Gasteiger partial charge < -0.3 is 10.2 Å². The predicted octanol–water partition coefficient (Wildman–Crippen LogP) is 1.16. The van der Waals surface area contributed by atoms with Gasteiger partial charge in [0.2, 0.25) is 5.91 Å². The Morgan fingerprint density at radius 3 is 2.79 bits per heavy atom. The first-order chi connectivity index (χ1) is 6.61. The van der Waals surface area contributed by atoms with Crippen molar-refractivity contribution in [2.75, 3.05) is 20.1 Å². The first-order valence-corrected chi connectivity index (χ1v) is 5.24. The molecule has 1 atom stereocenters. The molecule has 0 aromatic carbocycles. The molecule has 1 N–H and O–H groups in total. The third-order valence-electron chi connectivity index (χ3n) is 2.49. The van der Waals surface area contributed by atoms with E-state index in [9.17, 15) is 4.79 Å². The van der Waals surface area contributed by atoms with Gasteiger partial charge in [-0.05, 0) is 26.3 Å². The number of carbonyl (C=O) groups is 1. The van der Waals surface area contributed by atoms with Gasteiger partial charge in [0, 0.05) is 13.6 Å². The minimum Gasteiger partial charge on any atom is -0.340 e. The summed E-state index contributed by atoms with van der Waals surface area (Å²) in [6, 6.07) is 0.0353. The van der Waals surface area contributed by atoms with E-state index in [1.165, 1.54) is 6.42 Å². The van der Waals surface area contributed by atoms with E-state index in [0.717, 1.165) is 25.0 Å². The second-order valence-electron chi connectivity index (χ2n) is 4.15. The Kier molecular flexibility index (Phi) is 4.14. The molecule has 3 nitrogen and oxygen atoms in total. The van der Waals surface area contributed by atoms with E-state index in [4.69, 9.17) is 0 Å². The number of hydrogen-bond donors (Lipinski definition) is 1. The number of likely N-dealkylation sites (N-methyl/N-ethyl adjacent to an activating group) is 1. The van der Waals surface area contributed by atoms with Crippen molar-refractivity contribution in [2.45, 2.75) is 32.2 Å². The van der Waals surface area contributed by atoms with Crippen LogP contribution in [0, 0.1) is 0 Å². The Morgan fingerprint density at radius 1 is 1.57 bits per heavy atom. The van der Waals surface area contributed by atoms with Crippen molar-refractivity contribution in [2.24, 2.45) is 0 Å². The molecular formula is C11H20N2O. The molecule has 0 aromatic heterocycles. The van der Waals surface area contributed by atoms with Crippen molar-refractivity contribution in [1.82, 2.24) is 10.2 Å². The molecule has 1 amide bonds. The minimum atomic E-state index is 0.0353. The Balaban J connectivity index is 2.42. The van der Waals surface area contributed by atoms with E-state index < -0.39 is 0 Å². The Morgan fingerprint density at radius 2 is 2.29 bits per heavy atom. The molecule has 1 unspecified atom stereocenters. The van der Waals surface area contributed by atoms with Gasteiger partial charge in [0.1, 0.15) is 0 Å². The van der Waals surface area contributed by atoms with Gasteiger partial charge in [0.15, 0.2) is 0 Å². The molecule has 0 saturated carbocycles. The van der Waals surface area contributed by atoms with Crippen LogP contribution < -0.4 is 5.32 Å². The SMILES string of the molecule is C=C(C)CN(C)C(=O)C1CCCCN1. The molecule has 80 valence electrons. The highest BCUT2D eigenvalue weighted by molar-refractivity contribution is 5.81. The first kappa shape index (κ1) is 11.2. The third-order valence-corrected chi connectivity index (χ3v) is 2.49. The van der Waals surface area contributed by atoms with Crippen LogP contribution in [0.15, 0.2) is 12.2 Å². The van der Waals surface area contributed by atoms with Crippen LogP contribution in [0.5, 0.6) is 0 Å². The maximum Gasteiger partial charge on any atom is 0.239 e. The molecule has 0 aromatic rings. The Hall–Kier alpha value is -0.830. The quantitative estimate of drug-likeness (QED) is 0.687. The van der Waals surface area contributed by atoms with Gasteiger partial charge in [-0.2, -0.15) is 0 Å². The summed E-state index contributed by atoms with van der Waals surface area (Å²) >= 11 is 0. The number of nitrogens with one attached hydrogen (secondary N) is 1. The lowest BCUT2D eigenvalue weighted by Crippen LogP contribution is -2.47. The first-order valence-electron chi connectivity index (χ1n) is 5.24. The van der Waals surface area contributed by atoms with E-state index in [2.05, 4.69) is 11.9 Å². The molecule has 1 saturated heterocycles. The van der Waals surface area contributed by atoms with Crippen LogP contribution in [-0.4, -0.2) is 37.0 Å². The third kappa shape index (κ3) is 3.14. The van der Waals surface area contributed by atoms with Crippen molar-refractivity contribution in [1.29, 1.82) is 0 Å². The summed E-state index contributed by atoms with van der Waals surface area (Å²) in [5.41, 5.74) is 1.02. The van der Waals surface area contributed by atoms with Crippen molar-refractivity contribution < 1.29 is 4.79 Å². The average molecular weight is 196 g/mol. The smallest absolute Gasteiger partial charge is 0.239 e. The van der Waals surface area contributed by atoms with E-state index in [1.54, 1.807) is 4.90 Å². The summed E-state index contributed by atoms with van der Waals surface area (Å²) in [6.45, 7) is 7.38. The molecule has 0 bridgehead atoms. The van der Waals surface area contributed by atoms with Crippen molar-refractivity contribution in [3.8, 4) is 0 Å². The molecule has 1 heterocycles. The number of nitrogens with zero attached hydrogens (tertiary/aromatic N) is 1. The summed E-state index contributed by atoms with van der Waals surface area (Å²) < 4.78 is 0. The van der Waals surface area contributed by atoms with Gasteiger partial charge >= 0.3 is 0 Å². The zero-order valence-corrected chi connectivity index (χ0v) is 9.18. The monoisotopic (exact) mass is 196 g/mol. The largest absolute Gasteiger partial charge is 0.340 e. The Labute approximate surface area is 86.2 Å². The molecule has 0 radical (unpaired) electrons. The van der Waals surface area contributed by atoms with Gasteiger partial charge in [-0.15, -0.1) is 0 Å². The van der Waals surface area contributed by atoms with Crippen LogP contribution in [0.3, 0.4) is 0 Å². The van der Waals surface area contributed by atoms with Gasteiger partial charge in [0.25, 0.3) is 0 Å². The zero-order valence-electron chi connectivity index (χ0n) is 9.18. The lowest BCUT2D eigenvalue weighted by Gasteiger charge is -2.27. The number of carbonyl (C=O) groups excluding carboxylic acids is 1. The predicted molar refractivity (Wildman–Crippen MR) is 58.1 cm³/mol. The standard InChI is InChI=1S/C11H20N2O/c1-9(2)8-13(3)11(14)10-6-4-5-7-12-10/h10,12H,1,4-8H2,2-3H3. The second-order valence-corrected chi connectivity index (χ2v) is 4.15. The fourth-order valence-electron chi connectivity index (χ4n) is 1.81. The summed E-state index contributed by atoms with van der Waals surface area (Å²) in [4.78, 5) is 13.6. The number of amides is 1. The number of piperidine rings is 1. The molecule has 3 heteroatoms. The van der Waals surface area contributed by atoms with Crippen LogP contribution >= 0.6 is 0 Å². The minimum absolute atomic E-state index is 0.0353. The highest BCUT2D eigenvalue weighted by Gasteiger charge is 2.23. The number of hydrogen-bond acceptors (Lipinski definition) is 2. The fraction of sp³-hybridized carbons (Fsp3) is 0.727. The lowest BCUT2D eigenvalue weighted by atomic mass is 10.0. The van der Waals surface area contributed by atoms with E-state index in [1.807, 2.05) is 14.0 Å². The van der Waals surface area contributed by atoms with Gasteiger partial charge in [-0.3, -0.25) is 4.79 Å². The molecule has 1 fully saturated rings. The van der Waals surface area contributed by atoms with Gasteiger partial charge in [-0.25, -0.2) is 0 Å². The van der Waals surface area contributed by atoms with Crippen molar-refractivity contribution in [3.63, 3.8) is 0 Å². The van der Waals surface area contributed by atoms with Gasteiger partial charge in [-0.1, -0.05) is 18.6 Å². The summed E-state index contributed by atoms with van der Waals surface area (Å²) in [5.74, 6) is 0.202. The molecule has 0 aliphatic carbocycles. The lowest BCUT2D eigenvalue weighted by molar-refractivity contribution is -0.132. The zero-order chi connectivity index (χ0) is 10.6. The average Bonchev–Trinajstić information content (AvgIpc) is 2.17. The summed E-state index contributed by atoms with van der Waals surface area (Å²) in [6.07, 6.45) is 3.32.